The first-order valence-corrected chi connectivity index (χ1v) is 11.2. The van der Waals surface area contributed by atoms with Crippen molar-refractivity contribution < 1.29 is 23.9 Å². The first-order chi connectivity index (χ1) is 15.3. The van der Waals surface area contributed by atoms with Crippen LogP contribution in [0, 0.1) is 6.92 Å². The van der Waals surface area contributed by atoms with Gasteiger partial charge in [-0.3, -0.25) is 4.79 Å². The number of thiophene rings is 1. The lowest BCUT2D eigenvalue weighted by Crippen LogP contribution is -2.15. The lowest BCUT2D eigenvalue weighted by atomic mass is 10.1. The van der Waals surface area contributed by atoms with Crippen molar-refractivity contribution in [1.82, 2.24) is 0 Å². The highest BCUT2D eigenvalue weighted by Gasteiger charge is 2.27. The standard InChI is InChI=1S/C23H19Cl2NO5S/c1-3-30-22(28)18-13(2)19(23(29)31-12-14-7-5-4-6-8-14)32-21(18)26-20(27)15-9-10-16(24)17(25)11-15/h4-11H,3,12H2,1-2H3,(H,26,27). The second-order valence-corrected chi connectivity index (χ2v) is 8.46. The third-order valence-corrected chi connectivity index (χ3v) is 6.36. The van der Waals surface area contributed by atoms with Gasteiger partial charge in [0.2, 0.25) is 0 Å². The summed E-state index contributed by atoms with van der Waals surface area (Å²) in [7, 11) is 0. The van der Waals surface area contributed by atoms with Gasteiger partial charge in [0.05, 0.1) is 22.2 Å². The predicted octanol–water partition coefficient (Wildman–Crippen LogP) is 6.15. The van der Waals surface area contributed by atoms with Crippen molar-refractivity contribution in [2.75, 3.05) is 11.9 Å². The van der Waals surface area contributed by atoms with Crippen LogP contribution in [0.15, 0.2) is 48.5 Å². The van der Waals surface area contributed by atoms with Gasteiger partial charge in [-0.15, -0.1) is 11.3 Å². The van der Waals surface area contributed by atoms with E-state index in [-0.39, 0.29) is 39.2 Å². The molecule has 1 N–H and O–H groups in total. The molecule has 2 aromatic carbocycles. The highest BCUT2D eigenvalue weighted by Crippen LogP contribution is 2.35. The van der Waals surface area contributed by atoms with Crippen LogP contribution in [0.1, 0.15) is 48.4 Å². The van der Waals surface area contributed by atoms with E-state index in [9.17, 15) is 14.4 Å². The Morgan fingerprint density at radius 2 is 1.69 bits per heavy atom. The molecule has 1 heterocycles. The van der Waals surface area contributed by atoms with Gasteiger partial charge in [-0.1, -0.05) is 53.5 Å². The summed E-state index contributed by atoms with van der Waals surface area (Å²) in [4.78, 5) is 38.2. The van der Waals surface area contributed by atoms with Crippen molar-refractivity contribution in [2.24, 2.45) is 0 Å². The zero-order valence-electron chi connectivity index (χ0n) is 17.2. The Morgan fingerprint density at radius 1 is 0.969 bits per heavy atom. The molecule has 3 aromatic rings. The molecule has 0 atom stereocenters. The molecule has 0 unspecified atom stereocenters. The van der Waals surface area contributed by atoms with E-state index in [1.165, 1.54) is 18.2 Å². The van der Waals surface area contributed by atoms with Crippen LogP contribution in [0.4, 0.5) is 5.00 Å². The molecule has 6 nitrogen and oxygen atoms in total. The maximum absolute atomic E-state index is 12.7. The number of anilines is 1. The van der Waals surface area contributed by atoms with Gasteiger partial charge in [0.15, 0.2) is 0 Å². The summed E-state index contributed by atoms with van der Waals surface area (Å²) in [5.41, 5.74) is 1.55. The topological polar surface area (TPSA) is 81.7 Å². The van der Waals surface area contributed by atoms with Crippen LogP contribution in [0.2, 0.25) is 10.0 Å². The molecule has 1 aromatic heterocycles. The molecule has 0 aliphatic rings. The minimum Gasteiger partial charge on any atom is -0.462 e. The Hall–Kier alpha value is -2.87. The molecule has 0 aliphatic heterocycles. The van der Waals surface area contributed by atoms with E-state index in [2.05, 4.69) is 5.32 Å². The Labute approximate surface area is 199 Å². The SMILES string of the molecule is CCOC(=O)c1c(NC(=O)c2ccc(Cl)c(Cl)c2)sc(C(=O)OCc2ccccc2)c1C. The smallest absolute Gasteiger partial charge is 0.349 e. The van der Waals surface area contributed by atoms with E-state index in [0.29, 0.717) is 10.6 Å². The molecule has 32 heavy (non-hydrogen) atoms. The van der Waals surface area contributed by atoms with Gasteiger partial charge in [-0.2, -0.15) is 0 Å². The number of carbonyl (C=O) groups is 3. The first-order valence-electron chi connectivity index (χ1n) is 9.59. The lowest BCUT2D eigenvalue weighted by Gasteiger charge is -2.08. The van der Waals surface area contributed by atoms with Crippen molar-refractivity contribution in [3.05, 3.63) is 85.7 Å². The highest BCUT2D eigenvalue weighted by atomic mass is 35.5. The van der Waals surface area contributed by atoms with Crippen molar-refractivity contribution in [1.29, 1.82) is 0 Å². The molecular weight excluding hydrogens is 473 g/mol. The number of amides is 1. The molecule has 0 fully saturated rings. The summed E-state index contributed by atoms with van der Waals surface area (Å²) in [6.45, 7) is 3.50. The summed E-state index contributed by atoms with van der Waals surface area (Å²) >= 11 is 12.8. The fourth-order valence-electron chi connectivity index (χ4n) is 2.85. The minimum absolute atomic E-state index is 0.0801. The van der Waals surface area contributed by atoms with E-state index in [1.54, 1.807) is 13.8 Å². The van der Waals surface area contributed by atoms with Gasteiger partial charge in [-0.05, 0) is 43.2 Å². The molecule has 0 bridgehead atoms. The molecule has 166 valence electrons. The van der Waals surface area contributed by atoms with Crippen LogP contribution >= 0.6 is 34.5 Å². The van der Waals surface area contributed by atoms with Crippen LogP contribution in [0.3, 0.4) is 0 Å². The monoisotopic (exact) mass is 491 g/mol. The Bertz CT molecular complexity index is 1160. The molecule has 9 heteroatoms. The lowest BCUT2D eigenvalue weighted by molar-refractivity contribution is 0.0477. The predicted molar refractivity (Wildman–Crippen MR) is 125 cm³/mol. The van der Waals surface area contributed by atoms with Gasteiger partial charge < -0.3 is 14.8 Å². The second-order valence-electron chi connectivity index (χ2n) is 6.63. The first kappa shape index (κ1) is 23.8. The molecule has 0 radical (unpaired) electrons. The molecule has 0 spiro atoms. The van der Waals surface area contributed by atoms with Crippen molar-refractivity contribution in [2.45, 2.75) is 20.5 Å². The van der Waals surface area contributed by atoms with Crippen LogP contribution < -0.4 is 5.32 Å². The Balaban J connectivity index is 1.88. The summed E-state index contributed by atoms with van der Waals surface area (Å²) in [6, 6.07) is 13.6. The number of nitrogens with one attached hydrogen (secondary N) is 1. The quantitative estimate of drug-likeness (QED) is 0.400. The summed E-state index contributed by atoms with van der Waals surface area (Å²) in [5, 5.41) is 3.39. The van der Waals surface area contributed by atoms with Gasteiger partial charge in [0.1, 0.15) is 16.5 Å². The van der Waals surface area contributed by atoms with E-state index in [4.69, 9.17) is 32.7 Å². The molecule has 0 saturated carbocycles. The van der Waals surface area contributed by atoms with Crippen LogP contribution in [-0.4, -0.2) is 24.5 Å². The van der Waals surface area contributed by atoms with E-state index in [1.807, 2.05) is 30.3 Å². The largest absolute Gasteiger partial charge is 0.462 e. The minimum atomic E-state index is -0.646. The number of carbonyl (C=O) groups excluding carboxylic acids is 3. The molecular formula is C23H19Cl2NO5S. The summed E-state index contributed by atoms with van der Waals surface area (Å²) in [6.07, 6.45) is 0. The van der Waals surface area contributed by atoms with Crippen molar-refractivity contribution in [3.63, 3.8) is 0 Å². The normalized spacial score (nSPS) is 10.5. The molecule has 0 aliphatic carbocycles. The Kier molecular flexibility index (Phi) is 7.90. The van der Waals surface area contributed by atoms with E-state index in [0.717, 1.165) is 16.9 Å². The third-order valence-electron chi connectivity index (χ3n) is 4.43. The number of benzene rings is 2. The molecule has 0 saturated heterocycles. The van der Waals surface area contributed by atoms with Crippen LogP contribution in [0.25, 0.3) is 0 Å². The number of hydrogen-bond acceptors (Lipinski definition) is 6. The van der Waals surface area contributed by atoms with Gasteiger partial charge in [-0.25, -0.2) is 9.59 Å². The van der Waals surface area contributed by atoms with Gasteiger partial charge >= 0.3 is 11.9 Å². The van der Waals surface area contributed by atoms with Gasteiger partial charge in [0, 0.05) is 5.56 Å². The second kappa shape index (κ2) is 10.6. The average Bonchev–Trinajstić information content (AvgIpc) is 3.10. The number of hydrogen-bond donors (Lipinski definition) is 1. The average molecular weight is 492 g/mol. The third kappa shape index (κ3) is 5.48. The van der Waals surface area contributed by atoms with Crippen molar-refractivity contribution in [3.8, 4) is 0 Å². The fraction of sp³-hybridized carbons (Fsp3) is 0.174. The summed E-state index contributed by atoms with van der Waals surface area (Å²) in [5.74, 6) is -1.76. The molecule has 3 rings (SSSR count). The maximum atomic E-state index is 12.7. The number of halogens is 2. The number of rotatable bonds is 7. The maximum Gasteiger partial charge on any atom is 0.349 e. The van der Waals surface area contributed by atoms with Crippen molar-refractivity contribution >= 4 is 57.4 Å². The summed E-state index contributed by atoms with van der Waals surface area (Å²) < 4.78 is 10.5. The van der Waals surface area contributed by atoms with Crippen LogP contribution in [-0.2, 0) is 16.1 Å². The number of ether oxygens (including phenoxy) is 2. The van der Waals surface area contributed by atoms with E-state index < -0.39 is 17.8 Å². The Morgan fingerprint density at radius 3 is 2.34 bits per heavy atom. The zero-order valence-corrected chi connectivity index (χ0v) is 19.6. The highest BCUT2D eigenvalue weighted by molar-refractivity contribution is 7.18. The number of esters is 2. The van der Waals surface area contributed by atoms with Crippen LogP contribution in [0.5, 0.6) is 0 Å². The zero-order chi connectivity index (χ0) is 23.3. The van der Waals surface area contributed by atoms with E-state index >= 15 is 0 Å². The van der Waals surface area contributed by atoms with Gasteiger partial charge in [0.25, 0.3) is 5.91 Å². The molecule has 1 amide bonds. The fourth-order valence-corrected chi connectivity index (χ4v) is 4.23.